The molecule has 0 spiro atoms. The van der Waals surface area contributed by atoms with Crippen LogP contribution < -0.4 is 5.32 Å². The third-order valence-corrected chi connectivity index (χ3v) is 5.78. The van der Waals surface area contributed by atoms with E-state index in [4.69, 9.17) is 9.47 Å². The number of rotatable bonds is 10. The summed E-state index contributed by atoms with van der Waals surface area (Å²) in [4.78, 5) is 50.9. The predicted octanol–water partition coefficient (Wildman–Crippen LogP) is 2.95. The Labute approximate surface area is 188 Å². The summed E-state index contributed by atoms with van der Waals surface area (Å²) in [7, 11) is 0. The highest BCUT2D eigenvalue weighted by molar-refractivity contribution is 6.22. The summed E-state index contributed by atoms with van der Waals surface area (Å²) >= 11 is 0. The molecule has 3 rings (SSSR count). The summed E-state index contributed by atoms with van der Waals surface area (Å²) in [6, 6.07) is 4.26. The van der Waals surface area contributed by atoms with Gasteiger partial charge in [0, 0.05) is 12.6 Å². The van der Waals surface area contributed by atoms with Crippen LogP contribution in [-0.2, 0) is 14.3 Å². The number of hydrogen-bond donors (Lipinski definition) is 1. The Hall–Kier alpha value is -2.74. The van der Waals surface area contributed by atoms with E-state index < -0.39 is 18.5 Å². The van der Waals surface area contributed by atoms with Crippen molar-refractivity contribution in [3.63, 3.8) is 0 Å². The Bertz CT molecular complexity index is 875. The summed E-state index contributed by atoms with van der Waals surface area (Å²) in [6.07, 6.45) is 4.55. The van der Waals surface area contributed by atoms with Crippen LogP contribution in [0.5, 0.6) is 0 Å². The number of ether oxygens (including phenoxy) is 2. The molecule has 2 unspecified atom stereocenters. The Morgan fingerprint density at radius 2 is 1.91 bits per heavy atom. The first kappa shape index (κ1) is 23.9. The molecular weight excluding hydrogens is 412 g/mol. The number of nitrogens with zero attached hydrogens (tertiary/aromatic N) is 1. The first-order valence-corrected chi connectivity index (χ1v) is 11.3. The van der Waals surface area contributed by atoms with Crippen molar-refractivity contribution in [1.29, 1.82) is 0 Å². The van der Waals surface area contributed by atoms with E-state index in [0.29, 0.717) is 12.5 Å². The molecule has 1 fully saturated rings. The topological polar surface area (TPSA) is 102 Å². The molecule has 0 aliphatic carbocycles. The van der Waals surface area contributed by atoms with Gasteiger partial charge in [-0.1, -0.05) is 26.7 Å². The number of benzene rings is 1. The molecule has 8 heteroatoms. The lowest BCUT2D eigenvalue weighted by Crippen LogP contribution is -2.36. The van der Waals surface area contributed by atoms with Gasteiger partial charge >= 0.3 is 5.97 Å². The third-order valence-electron chi connectivity index (χ3n) is 5.78. The Balaban J connectivity index is 1.52. The normalized spacial score (nSPS) is 18.8. The second-order valence-electron chi connectivity index (χ2n) is 8.99. The van der Waals surface area contributed by atoms with Crippen LogP contribution in [0.2, 0.25) is 0 Å². The van der Waals surface area contributed by atoms with Crippen LogP contribution in [0.25, 0.3) is 0 Å². The molecule has 1 aromatic rings. The molecule has 1 N–H and O–H groups in total. The number of fused-ring (bicyclic) bond motifs is 1. The molecule has 2 heterocycles. The highest BCUT2D eigenvalue weighted by Gasteiger charge is 2.38. The van der Waals surface area contributed by atoms with Gasteiger partial charge in [0.1, 0.15) is 0 Å². The minimum atomic E-state index is -0.715. The second-order valence-corrected chi connectivity index (χ2v) is 8.99. The van der Waals surface area contributed by atoms with Crippen molar-refractivity contribution in [3.8, 4) is 0 Å². The molecule has 8 nitrogen and oxygen atoms in total. The van der Waals surface area contributed by atoms with Gasteiger partial charge in [-0.15, -0.1) is 0 Å². The SMILES string of the molecule is CC(C)CCCC(C)NC(=O)COC(=O)c1ccc2c(c1)C(=O)N(CC1CCCO1)C2=O. The lowest BCUT2D eigenvalue weighted by Gasteiger charge is -2.17. The minimum absolute atomic E-state index is 0.00147. The molecular formula is C24H32N2O6. The number of imide groups is 1. The van der Waals surface area contributed by atoms with Crippen molar-refractivity contribution < 1.29 is 28.7 Å². The van der Waals surface area contributed by atoms with E-state index in [1.165, 1.54) is 23.1 Å². The van der Waals surface area contributed by atoms with E-state index in [1.807, 2.05) is 6.92 Å². The van der Waals surface area contributed by atoms with E-state index >= 15 is 0 Å². The number of hydrogen-bond acceptors (Lipinski definition) is 6. The fraction of sp³-hybridized carbons (Fsp3) is 0.583. The second kappa shape index (κ2) is 10.7. The molecule has 0 bridgehead atoms. The molecule has 2 aliphatic heterocycles. The van der Waals surface area contributed by atoms with Gasteiger partial charge in [0.2, 0.25) is 0 Å². The van der Waals surface area contributed by atoms with Crippen molar-refractivity contribution in [2.45, 2.75) is 65.0 Å². The third kappa shape index (κ3) is 5.94. The van der Waals surface area contributed by atoms with Crippen molar-refractivity contribution in [1.82, 2.24) is 10.2 Å². The van der Waals surface area contributed by atoms with Gasteiger partial charge in [0.15, 0.2) is 6.61 Å². The Morgan fingerprint density at radius 1 is 1.16 bits per heavy atom. The van der Waals surface area contributed by atoms with E-state index in [-0.39, 0.29) is 47.2 Å². The largest absolute Gasteiger partial charge is 0.452 e. The molecule has 0 saturated carbocycles. The summed E-state index contributed by atoms with van der Waals surface area (Å²) in [5, 5.41) is 2.82. The lowest BCUT2D eigenvalue weighted by molar-refractivity contribution is -0.124. The maximum Gasteiger partial charge on any atom is 0.338 e. The van der Waals surface area contributed by atoms with E-state index in [1.54, 1.807) is 0 Å². The maximum atomic E-state index is 12.7. The summed E-state index contributed by atoms with van der Waals surface area (Å²) in [6.45, 7) is 6.68. The summed E-state index contributed by atoms with van der Waals surface area (Å²) in [5.41, 5.74) is 0.560. The highest BCUT2D eigenvalue weighted by Crippen LogP contribution is 2.26. The standard InChI is InChI=1S/C24H32N2O6/c1-15(2)6-4-7-16(3)25-21(27)14-32-24(30)17-9-10-19-20(12-17)23(29)26(22(19)28)13-18-8-5-11-31-18/h9-10,12,15-16,18H,4-8,11,13-14H2,1-3H3,(H,25,27). The zero-order valence-corrected chi connectivity index (χ0v) is 19.0. The molecule has 32 heavy (non-hydrogen) atoms. The first-order valence-electron chi connectivity index (χ1n) is 11.3. The van der Waals surface area contributed by atoms with Crippen LogP contribution >= 0.6 is 0 Å². The number of nitrogens with one attached hydrogen (secondary N) is 1. The number of carbonyl (C=O) groups excluding carboxylic acids is 4. The average Bonchev–Trinajstić information content (AvgIpc) is 3.34. The Morgan fingerprint density at radius 3 is 2.59 bits per heavy atom. The van der Waals surface area contributed by atoms with Gasteiger partial charge in [0.05, 0.1) is 29.3 Å². The van der Waals surface area contributed by atoms with Gasteiger partial charge in [-0.3, -0.25) is 19.3 Å². The van der Waals surface area contributed by atoms with E-state index in [9.17, 15) is 19.2 Å². The quantitative estimate of drug-likeness (QED) is 0.440. The van der Waals surface area contributed by atoms with Crippen LogP contribution in [0.1, 0.15) is 83.9 Å². The fourth-order valence-electron chi connectivity index (χ4n) is 4.01. The fourth-order valence-corrected chi connectivity index (χ4v) is 4.01. The Kier molecular flexibility index (Phi) is 8.01. The molecule has 1 aromatic carbocycles. The molecule has 1 saturated heterocycles. The molecule has 2 aliphatic rings. The molecule has 0 radical (unpaired) electrons. The van der Waals surface area contributed by atoms with E-state index in [0.717, 1.165) is 32.1 Å². The minimum Gasteiger partial charge on any atom is -0.452 e. The lowest BCUT2D eigenvalue weighted by atomic mass is 10.0. The van der Waals surface area contributed by atoms with Crippen molar-refractivity contribution >= 4 is 23.7 Å². The van der Waals surface area contributed by atoms with Gasteiger partial charge in [-0.2, -0.15) is 0 Å². The van der Waals surface area contributed by atoms with Crippen molar-refractivity contribution in [3.05, 3.63) is 34.9 Å². The van der Waals surface area contributed by atoms with Crippen LogP contribution in [0.4, 0.5) is 0 Å². The van der Waals surface area contributed by atoms with Gasteiger partial charge < -0.3 is 14.8 Å². The predicted molar refractivity (Wildman–Crippen MR) is 117 cm³/mol. The number of carbonyl (C=O) groups is 4. The molecule has 174 valence electrons. The van der Waals surface area contributed by atoms with Gasteiger partial charge in [0.25, 0.3) is 17.7 Å². The summed E-state index contributed by atoms with van der Waals surface area (Å²) < 4.78 is 10.6. The van der Waals surface area contributed by atoms with Crippen molar-refractivity contribution in [2.24, 2.45) is 5.92 Å². The van der Waals surface area contributed by atoms with E-state index in [2.05, 4.69) is 19.2 Å². The van der Waals surface area contributed by atoms with Crippen molar-refractivity contribution in [2.75, 3.05) is 19.8 Å². The van der Waals surface area contributed by atoms with Crippen LogP contribution in [0, 0.1) is 5.92 Å². The zero-order chi connectivity index (χ0) is 23.3. The van der Waals surface area contributed by atoms with Gasteiger partial charge in [-0.25, -0.2) is 4.79 Å². The molecule has 2 atom stereocenters. The highest BCUT2D eigenvalue weighted by atomic mass is 16.5. The molecule has 3 amide bonds. The number of amides is 3. The molecule has 0 aromatic heterocycles. The van der Waals surface area contributed by atoms with Crippen LogP contribution in [0.15, 0.2) is 18.2 Å². The monoisotopic (exact) mass is 444 g/mol. The first-order chi connectivity index (χ1) is 15.3. The van der Waals surface area contributed by atoms with Crippen LogP contribution in [-0.4, -0.2) is 60.5 Å². The van der Waals surface area contributed by atoms with Gasteiger partial charge in [-0.05, 0) is 50.3 Å². The van der Waals surface area contributed by atoms with Crippen LogP contribution in [0.3, 0.4) is 0 Å². The average molecular weight is 445 g/mol. The maximum absolute atomic E-state index is 12.7. The summed E-state index contributed by atoms with van der Waals surface area (Å²) in [5.74, 6) is -1.29. The smallest absolute Gasteiger partial charge is 0.338 e. The zero-order valence-electron chi connectivity index (χ0n) is 19.0. The number of esters is 1.